The number of hydrogen-bond acceptors (Lipinski definition) is 4. The number of hydrogen-bond donors (Lipinski definition) is 1. The fourth-order valence-corrected chi connectivity index (χ4v) is 4.82. The minimum Gasteiger partial charge on any atom is -0.507 e. The molecule has 29 heavy (non-hydrogen) atoms. The van der Waals surface area contributed by atoms with E-state index in [0.717, 1.165) is 11.1 Å². The number of sulfonamides is 1. The zero-order chi connectivity index (χ0) is 21.4. The van der Waals surface area contributed by atoms with Crippen molar-refractivity contribution in [1.29, 1.82) is 0 Å². The molecule has 1 heterocycles. The molecule has 156 valence electrons. The number of benzene rings is 2. The number of piperazine rings is 1. The smallest absolute Gasteiger partial charge is 0.257 e. The third kappa shape index (κ3) is 4.46. The minimum absolute atomic E-state index is 0.0458. The van der Waals surface area contributed by atoms with Crippen LogP contribution in [-0.4, -0.2) is 54.8 Å². The molecule has 0 aliphatic carbocycles. The highest BCUT2D eigenvalue weighted by molar-refractivity contribution is 7.89. The molecule has 1 amide bonds. The summed E-state index contributed by atoms with van der Waals surface area (Å²) in [6.07, 6.45) is 0. The first kappa shape index (κ1) is 21.3. The molecule has 0 spiro atoms. The van der Waals surface area contributed by atoms with Gasteiger partial charge in [-0.3, -0.25) is 4.79 Å². The molecule has 0 atom stereocenters. The lowest BCUT2D eigenvalue weighted by Crippen LogP contribution is -2.50. The molecule has 1 N–H and O–H groups in total. The summed E-state index contributed by atoms with van der Waals surface area (Å²) in [5.41, 5.74) is 2.14. The predicted molar refractivity (Wildman–Crippen MR) is 113 cm³/mol. The van der Waals surface area contributed by atoms with Gasteiger partial charge in [-0.2, -0.15) is 4.31 Å². The molecule has 1 aliphatic rings. The number of carbonyl (C=O) groups is 1. The van der Waals surface area contributed by atoms with Gasteiger partial charge in [-0.25, -0.2) is 8.42 Å². The maximum Gasteiger partial charge on any atom is 0.257 e. The summed E-state index contributed by atoms with van der Waals surface area (Å²) >= 11 is 0. The van der Waals surface area contributed by atoms with E-state index in [9.17, 15) is 18.3 Å². The van der Waals surface area contributed by atoms with Crippen molar-refractivity contribution in [2.24, 2.45) is 0 Å². The van der Waals surface area contributed by atoms with Crippen LogP contribution in [0, 0.1) is 6.92 Å². The summed E-state index contributed by atoms with van der Waals surface area (Å²) < 4.78 is 27.4. The van der Waals surface area contributed by atoms with Crippen LogP contribution in [0.3, 0.4) is 0 Å². The lowest BCUT2D eigenvalue weighted by atomic mass is 9.87. The van der Waals surface area contributed by atoms with Gasteiger partial charge in [0.2, 0.25) is 10.0 Å². The van der Waals surface area contributed by atoms with Crippen LogP contribution >= 0.6 is 0 Å². The van der Waals surface area contributed by atoms with E-state index in [-0.39, 0.29) is 53.7 Å². The van der Waals surface area contributed by atoms with Crippen LogP contribution in [0.4, 0.5) is 0 Å². The van der Waals surface area contributed by atoms with E-state index in [1.165, 1.54) is 4.31 Å². The van der Waals surface area contributed by atoms with Crippen molar-refractivity contribution in [2.75, 3.05) is 26.2 Å². The van der Waals surface area contributed by atoms with Gasteiger partial charge in [-0.15, -0.1) is 0 Å². The minimum atomic E-state index is -3.61. The molecule has 2 aromatic rings. The second-order valence-corrected chi connectivity index (χ2v) is 10.4. The normalized spacial score (nSPS) is 16.1. The molecule has 3 rings (SSSR count). The third-order valence-corrected chi connectivity index (χ3v) is 7.18. The van der Waals surface area contributed by atoms with Crippen LogP contribution in [0.1, 0.15) is 42.3 Å². The van der Waals surface area contributed by atoms with Crippen LogP contribution in [-0.2, 0) is 15.4 Å². The first-order chi connectivity index (χ1) is 13.5. The van der Waals surface area contributed by atoms with Crippen molar-refractivity contribution in [3.63, 3.8) is 0 Å². The number of phenols is 1. The van der Waals surface area contributed by atoms with Crippen LogP contribution in [0.15, 0.2) is 47.4 Å². The van der Waals surface area contributed by atoms with Gasteiger partial charge < -0.3 is 10.0 Å². The second kappa shape index (κ2) is 7.80. The van der Waals surface area contributed by atoms with Gasteiger partial charge in [0.05, 0.1) is 10.5 Å². The molecule has 0 unspecified atom stereocenters. The highest BCUT2D eigenvalue weighted by Crippen LogP contribution is 2.26. The molecule has 0 radical (unpaired) electrons. The zero-order valence-electron chi connectivity index (χ0n) is 17.3. The van der Waals surface area contributed by atoms with Crippen molar-refractivity contribution < 1.29 is 18.3 Å². The average Bonchev–Trinajstić information content (AvgIpc) is 2.67. The second-order valence-electron chi connectivity index (χ2n) is 8.49. The summed E-state index contributed by atoms with van der Waals surface area (Å²) in [5.74, 6) is -0.335. The Balaban J connectivity index is 1.70. The zero-order valence-corrected chi connectivity index (χ0v) is 18.2. The van der Waals surface area contributed by atoms with E-state index in [4.69, 9.17) is 0 Å². The summed E-state index contributed by atoms with van der Waals surface area (Å²) in [4.78, 5) is 14.5. The van der Waals surface area contributed by atoms with E-state index in [0.29, 0.717) is 0 Å². The van der Waals surface area contributed by atoms with E-state index < -0.39 is 10.0 Å². The number of amides is 1. The quantitative estimate of drug-likeness (QED) is 0.834. The van der Waals surface area contributed by atoms with Gasteiger partial charge >= 0.3 is 0 Å². The van der Waals surface area contributed by atoms with E-state index in [2.05, 4.69) is 20.8 Å². The van der Waals surface area contributed by atoms with Gasteiger partial charge in [0.15, 0.2) is 0 Å². The standard InChI is InChI=1S/C22H28N2O4S/c1-16-5-10-19(20(25)15-16)21(26)23-11-13-24(14-12-23)29(27,28)18-8-6-17(7-9-18)22(2,3)4/h5-10,15,25H,11-14H2,1-4H3. The van der Waals surface area contributed by atoms with Gasteiger partial charge in [0.25, 0.3) is 5.91 Å². The Kier molecular flexibility index (Phi) is 5.74. The summed E-state index contributed by atoms with van der Waals surface area (Å²) in [5, 5.41) is 10.0. The van der Waals surface area contributed by atoms with Crippen molar-refractivity contribution in [3.05, 3.63) is 59.2 Å². The van der Waals surface area contributed by atoms with Crippen molar-refractivity contribution >= 4 is 15.9 Å². The van der Waals surface area contributed by atoms with Gasteiger partial charge in [-0.05, 0) is 47.7 Å². The fourth-order valence-electron chi connectivity index (χ4n) is 3.40. The molecular weight excluding hydrogens is 388 g/mol. The lowest BCUT2D eigenvalue weighted by molar-refractivity contribution is 0.0695. The van der Waals surface area contributed by atoms with Crippen LogP contribution < -0.4 is 0 Å². The monoisotopic (exact) mass is 416 g/mol. The Morgan fingerprint density at radius 2 is 1.55 bits per heavy atom. The maximum absolute atomic E-state index is 13.0. The third-order valence-electron chi connectivity index (χ3n) is 5.27. The molecule has 7 heteroatoms. The van der Waals surface area contributed by atoms with Gasteiger partial charge in [0.1, 0.15) is 5.75 Å². The maximum atomic E-state index is 13.0. The largest absolute Gasteiger partial charge is 0.507 e. The molecule has 0 saturated carbocycles. The fraction of sp³-hybridized carbons (Fsp3) is 0.409. The first-order valence-corrected chi connectivity index (χ1v) is 11.1. The Labute approximate surface area is 172 Å². The van der Waals surface area contributed by atoms with Crippen molar-refractivity contribution in [3.8, 4) is 5.75 Å². The lowest BCUT2D eigenvalue weighted by Gasteiger charge is -2.34. The molecule has 1 aliphatic heterocycles. The predicted octanol–water partition coefficient (Wildman–Crippen LogP) is 3.14. The molecule has 1 fully saturated rings. The molecular formula is C22H28N2O4S. The number of aromatic hydroxyl groups is 1. The Morgan fingerprint density at radius 3 is 2.07 bits per heavy atom. The first-order valence-electron chi connectivity index (χ1n) is 9.70. The van der Waals surface area contributed by atoms with Gasteiger partial charge in [-0.1, -0.05) is 39.0 Å². The van der Waals surface area contributed by atoms with Crippen molar-refractivity contribution in [2.45, 2.75) is 38.0 Å². The van der Waals surface area contributed by atoms with Crippen LogP contribution in [0.25, 0.3) is 0 Å². The Bertz CT molecular complexity index is 1000. The van der Waals surface area contributed by atoms with Crippen LogP contribution in [0.2, 0.25) is 0 Å². The highest BCUT2D eigenvalue weighted by atomic mass is 32.2. The van der Waals surface area contributed by atoms with Crippen LogP contribution in [0.5, 0.6) is 5.75 Å². The van der Waals surface area contributed by atoms with Crippen molar-refractivity contribution in [1.82, 2.24) is 9.21 Å². The molecule has 1 saturated heterocycles. The van der Waals surface area contributed by atoms with E-state index in [1.807, 2.05) is 19.1 Å². The molecule has 2 aromatic carbocycles. The number of rotatable bonds is 3. The van der Waals surface area contributed by atoms with Gasteiger partial charge in [0, 0.05) is 26.2 Å². The number of carbonyl (C=O) groups excluding carboxylic acids is 1. The van der Waals surface area contributed by atoms with E-state index in [1.54, 1.807) is 35.2 Å². The van der Waals surface area contributed by atoms with E-state index >= 15 is 0 Å². The summed E-state index contributed by atoms with van der Waals surface area (Å²) in [7, 11) is -3.61. The Morgan fingerprint density at radius 1 is 0.966 bits per heavy atom. The molecule has 0 bridgehead atoms. The number of phenolic OH excluding ortho intramolecular Hbond substituents is 1. The molecule has 0 aromatic heterocycles. The Hall–Kier alpha value is -2.38. The topological polar surface area (TPSA) is 77.9 Å². The average molecular weight is 417 g/mol. The molecule has 6 nitrogen and oxygen atoms in total. The highest BCUT2D eigenvalue weighted by Gasteiger charge is 2.31. The summed E-state index contributed by atoms with van der Waals surface area (Å²) in [6.45, 7) is 9.10. The number of nitrogens with zero attached hydrogens (tertiary/aromatic N) is 2. The summed E-state index contributed by atoms with van der Waals surface area (Å²) in [6, 6.07) is 11.9. The number of aryl methyl sites for hydroxylation is 1. The SMILES string of the molecule is Cc1ccc(C(=O)N2CCN(S(=O)(=O)c3ccc(C(C)(C)C)cc3)CC2)c(O)c1.